The van der Waals surface area contributed by atoms with Crippen LogP contribution in [-0.4, -0.2) is 29.2 Å². The van der Waals surface area contributed by atoms with Crippen molar-refractivity contribution < 1.29 is 18.1 Å². The number of nitro groups is 1. The van der Waals surface area contributed by atoms with Crippen LogP contribution in [0.2, 0.25) is 0 Å². The molecule has 126 valence electrons. The molecule has 10 heteroatoms. The summed E-state index contributed by atoms with van der Waals surface area (Å²) in [7, 11) is 0. The van der Waals surface area contributed by atoms with Crippen molar-refractivity contribution in [3.05, 3.63) is 33.9 Å². The van der Waals surface area contributed by atoms with Crippen molar-refractivity contribution in [3.8, 4) is 0 Å². The number of hydrogen-bond acceptors (Lipinski definition) is 4. The van der Waals surface area contributed by atoms with Crippen LogP contribution < -0.4 is 16.0 Å². The first-order chi connectivity index (χ1) is 10.8. The molecule has 1 aromatic carbocycles. The molecule has 23 heavy (non-hydrogen) atoms. The maximum atomic E-state index is 12.6. The van der Waals surface area contributed by atoms with Crippen LogP contribution in [0.15, 0.2) is 18.2 Å². The number of nitro benzene ring substituents is 1. The Morgan fingerprint density at radius 2 is 2.04 bits per heavy atom. The molecule has 0 radical (unpaired) electrons. The van der Waals surface area contributed by atoms with Gasteiger partial charge in [0.2, 0.25) is 0 Å². The molecular formula is C13H15F3N4O2S. The second-order valence-corrected chi connectivity index (χ2v) is 5.50. The third kappa shape index (κ3) is 5.23. The lowest BCUT2D eigenvalue weighted by molar-refractivity contribution is -0.384. The lowest BCUT2D eigenvalue weighted by Crippen LogP contribution is -2.38. The van der Waals surface area contributed by atoms with Gasteiger partial charge in [0.15, 0.2) is 5.11 Å². The molecular weight excluding hydrogens is 333 g/mol. The van der Waals surface area contributed by atoms with Crippen molar-refractivity contribution in [2.75, 3.05) is 18.4 Å². The lowest BCUT2D eigenvalue weighted by Gasteiger charge is -2.12. The first kappa shape index (κ1) is 17.3. The first-order valence-electron chi connectivity index (χ1n) is 6.91. The Kier molecular flexibility index (Phi) is 5.24. The van der Waals surface area contributed by atoms with Crippen LogP contribution in [-0.2, 0) is 6.18 Å². The number of nitrogens with zero attached hydrogens (tertiary/aromatic N) is 1. The van der Waals surface area contributed by atoms with Crippen LogP contribution >= 0.6 is 12.2 Å². The second kappa shape index (κ2) is 6.99. The van der Waals surface area contributed by atoms with E-state index < -0.39 is 22.4 Å². The summed E-state index contributed by atoms with van der Waals surface area (Å²) < 4.78 is 37.8. The van der Waals surface area contributed by atoms with E-state index in [0.29, 0.717) is 23.8 Å². The number of rotatable bonds is 6. The number of nitrogens with one attached hydrogen (secondary N) is 3. The average Bonchev–Trinajstić information content (AvgIpc) is 3.26. The Bertz CT molecular complexity index is 605. The highest BCUT2D eigenvalue weighted by Gasteiger charge is 2.33. The highest BCUT2D eigenvalue weighted by Crippen LogP contribution is 2.34. The van der Waals surface area contributed by atoms with Crippen LogP contribution in [0, 0.1) is 10.1 Å². The van der Waals surface area contributed by atoms with Gasteiger partial charge in [0.1, 0.15) is 5.69 Å². The fourth-order valence-corrected chi connectivity index (χ4v) is 2.11. The molecule has 2 rings (SSSR count). The van der Waals surface area contributed by atoms with Gasteiger partial charge in [-0.25, -0.2) is 0 Å². The van der Waals surface area contributed by atoms with Crippen LogP contribution in [0.5, 0.6) is 0 Å². The van der Waals surface area contributed by atoms with Gasteiger partial charge in [-0.1, -0.05) is 0 Å². The molecule has 6 nitrogen and oxygen atoms in total. The zero-order valence-electron chi connectivity index (χ0n) is 11.9. The number of halogens is 3. The van der Waals surface area contributed by atoms with E-state index in [9.17, 15) is 23.3 Å². The minimum Gasteiger partial charge on any atom is -0.378 e. The molecule has 0 unspecified atom stereocenters. The monoisotopic (exact) mass is 348 g/mol. The number of hydrogen-bond donors (Lipinski definition) is 3. The van der Waals surface area contributed by atoms with Crippen LogP contribution in [0.1, 0.15) is 18.4 Å². The van der Waals surface area contributed by atoms with Crippen LogP contribution in [0.25, 0.3) is 0 Å². The molecule has 1 saturated carbocycles. The number of alkyl halides is 3. The molecule has 1 fully saturated rings. The van der Waals surface area contributed by atoms with Gasteiger partial charge < -0.3 is 16.0 Å². The number of anilines is 1. The molecule has 0 saturated heterocycles. The minimum absolute atomic E-state index is 0.0332. The fourth-order valence-electron chi connectivity index (χ4n) is 1.85. The average molecular weight is 348 g/mol. The second-order valence-electron chi connectivity index (χ2n) is 5.09. The molecule has 0 heterocycles. The van der Waals surface area contributed by atoms with Gasteiger partial charge >= 0.3 is 6.18 Å². The molecule has 3 N–H and O–H groups in total. The molecule has 0 aromatic heterocycles. The summed E-state index contributed by atoms with van der Waals surface area (Å²) >= 11 is 5.04. The molecule has 0 atom stereocenters. The predicted molar refractivity (Wildman–Crippen MR) is 83.3 cm³/mol. The Labute approximate surface area is 135 Å². The van der Waals surface area contributed by atoms with Crippen LogP contribution in [0.3, 0.4) is 0 Å². The predicted octanol–water partition coefficient (Wildman–Crippen LogP) is 2.65. The van der Waals surface area contributed by atoms with Crippen molar-refractivity contribution >= 4 is 28.7 Å². The normalized spacial score (nSPS) is 14.2. The molecule has 0 spiro atoms. The van der Waals surface area contributed by atoms with E-state index >= 15 is 0 Å². The topological polar surface area (TPSA) is 79.2 Å². The van der Waals surface area contributed by atoms with Gasteiger partial charge in [-0.15, -0.1) is 0 Å². The van der Waals surface area contributed by atoms with Crippen molar-refractivity contribution in [1.82, 2.24) is 10.6 Å². The largest absolute Gasteiger partial charge is 0.416 e. The molecule has 1 aliphatic rings. The Morgan fingerprint density at radius 3 is 2.61 bits per heavy atom. The summed E-state index contributed by atoms with van der Waals surface area (Å²) in [6.07, 6.45) is -2.46. The van der Waals surface area contributed by atoms with E-state index in [2.05, 4.69) is 16.0 Å². The molecule has 1 aliphatic carbocycles. The summed E-state index contributed by atoms with van der Waals surface area (Å²) in [4.78, 5) is 10.1. The third-order valence-electron chi connectivity index (χ3n) is 3.16. The maximum Gasteiger partial charge on any atom is 0.416 e. The zero-order chi connectivity index (χ0) is 17.0. The smallest absolute Gasteiger partial charge is 0.378 e. The van der Waals surface area contributed by atoms with E-state index in [1.54, 1.807) is 0 Å². The summed E-state index contributed by atoms with van der Waals surface area (Å²) in [5.74, 6) is 0. The SMILES string of the molecule is O=[N+]([O-])c1cc(C(F)(F)F)ccc1NCCNC(=S)NC1CC1. The van der Waals surface area contributed by atoms with E-state index in [1.165, 1.54) is 0 Å². The van der Waals surface area contributed by atoms with Crippen molar-refractivity contribution in [2.45, 2.75) is 25.1 Å². The van der Waals surface area contributed by atoms with Gasteiger partial charge in [-0.2, -0.15) is 13.2 Å². The van der Waals surface area contributed by atoms with E-state index in [4.69, 9.17) is 12.2 Å². The van der Waals surface area contributed by atoms with Gasteiger partial charge in [0.25, 0.3) is 5.69 Å². The molecule has 1 aromatic rings. The first-order valence-corrected chi connectivity index (χ1v) is 7.32. The summed E-state index contributed by atoms with van der Waals surface area (Å²) in [5, 5.41) is 20.1. The molecule has 0 aliphatic heterocycles. The van der Waals surface area contributed by atoms with E-state index in [1.807, 2.05) is 0 Å². The highest BCUT2D eigenvalue weighted by atomic mass is 32.1. The number of thiocarbonyl (C=S) groups is 1. The quantitative estimate of drug-likeness (QED) is 0.317. The van der Waals surface area contributed by atoms with E-state index in [0.717, 1.165) is 25.0 Å². The summed E-state index contributed by atoms with van der Waals surface area (Å²) in [6, 6.07) is 2.80. The Morgan fingerprint density at radius 1 is 1.35 bits per heavy atom. The Hall–Kier alpha value is -2.10. The van der Waals surface area contributed by atoms with Crippen molar-refractivity contribution in [3.63, 3.8) is 0 Å². The maximum absolute atomic E-state index is 12.6. The van der Waals surface area contributed by atoms with E-state index in [-0.39, 0.29) is 12.2 Å². The third-order valence-corrected chi connectivity index (χ3v) is 3.42. The minimum atomic E-state index is -4.62. The number of benzene rings is 1. The van der Waals surface area contributed by atoms with Crippen molar-refractivity contribution in [1.29, 1.82) is 0 Å². The van der Waals surface area contributed by atoms with Gasteiger partial charge in [0.05, 0.1) is 10.5 Å². The zero-order valence-corrected chi connectivity index (χ0v) is 12.8. The lowest BCUT2D eigenvalue weighted by atomic mass is 10.1. The molecule has 0 bridgehead atoms. The fraction of sp³-hybridized carbons (Fsp3) is 0.462. The molecule has 0 amide bonds. The van der Waals surface area contributed by atoms with Gasteiger partial charge in [-0.3, -0.25) is 10.1 Å². The van der Waals surface area contributed by atoms with Gasteiger partial charge in [-0.05, 0) is 37.2 Å². The standard InChI is InChI=1S/C13H15F3N4O2S/c14-13(15,16)8-1-4-10(11(7-8)20(21)22)17-5-6-18-12(23)19-9-2-3-9/h1,4,7,9,17H,2-3,5-6H2,(H2,18,19,23). The van der Waals surface area contributed by atoms with Gasteiger partial charge in [0, 0.05) is 25.2 Å². The van der Waals surface area contributed by atoms with Crippen molar-refractivity contribution in [2.24, 2.45) is 0 Å². The summed E-state index contributed by atoms with van der Waals surface area (Å²) in [5.41, 5.74) is -1.63. The Balaban J connectivity index is 1.90. The van der Waals surface area contributed by atoms with Crippen LogP contribution in [0.4, 0.5) is 24.5 Å². The summed E-state index contributed by atoms with van der Waals surface area (Å²) in [6.45, 7) is 0.662. The highest BCUT2D eigenvalue weighted by molar-refractivity contribution is 7.80.